The number of Topliss-reactive ketones (excluding diaryl/α,β-unsaturated/α-hetero) is 1. The predicted molar refractivity (Wildman–Crippen MR) is 114 cm³/mol. The Balaban J connectivity index is 1.57. The van der Waals surface area contributed by atoms with E-state index in [9.17, 15) is 19.5 Å². The van der Waals surface area contributed by atoms with Gasteiger partial charge in [0.2, 0.25) is 5.78 Å². The molecular formula is C25H35NO4. The van der Waals surface area contributed by atoms with Crippen LogP contribution in [0.3, 0.4) is 0 Å². The number of hydrogen-bond acceptors (Lipinski definition) is 4. The molecule has 4 aliphatic carbocycles. The molecule has 0 unspecified atom stereocenters. The van der Waals surface area contributed by atoms with Gasteiger partial charge >= 0.3 is 0 Å². The second-order valence-electron chi connectivity index (χ2n) is 10.4. The standard InChI is InChI=1S/C25H35NO4/c1-4-5-12-26-23(30)22(29)19-9-8-18-17-7-6-15-13-16(27)10-11-24(15,2)21(17)20(28)14-25(18,19)3/h10-11,13,17-21,28H,4-9,12,14H2,1-3H3,(H,26,30)/t17-,18-,19+,20-,21+,24-,25-/m0/s1. The monoisotopic (exact) mass is 413 g/mol. The molecule has 0 aliphatic heterocycles. The van der Waals surface area contributed by atoms with Crippen LogP contribution in [0.2, 0.25) is 0 Å². The minimum Gasteiger partial charge on any atom is -0.393 e. The predicted octanol–water partition coefficient (Wildman–Crippen LogP) is 3.37. The second kappa shape index (κ2) is 7.74. The van der Waals surface area contributed by atoms with Crippen molar-refractivity contribution in [3.8, 4) is 0 Å². The minimum atomic E-state index is -0.542. The van der Waals surface area contributed by atoms with Crippen LogP contribution >= 0.6 is 0 Å². The highest BCUT2D eigenvalue weighted by atomic mass is 16.3. The Hall–Kier alpha value is -1.75. The Bertz CT molecular complexity index is 814. The first-order chi connectivity index (χ1) is 14.2. The van der Waals surface area contributed by atoms with Gasteiger partial charge in [-0.1, -0.05) is 38.8 Å². The van der Waals surface area contributed by atoms with Crippen molar-refractivity contribution in [3.63, 3.8) is 0 Å². The van der Waals surface area contributed by atoms with Crippen LogP contribution in [0.25, 0.3) is 0 Å². The topological polar surface area (TPSA) is 83.5 Å². The van der Waals surface area contributed by atoms with E-state index in [0.29, 0.717) is 24.8 Å². The summed E-state index contributed by atoms with van der Waals surface area (Å²) < 4.78 is 0. The van der Waals surface area contributed by atoms with Crippen LogP contribution in [-0.2, 0) is 14.4 Å². The fraction of sp³-hybridized carbons (Fsp3) is 0.720. The zero-order valence-electron chi connectivity index (χ0n) is 18.4. The SMILES string of the molecule is CCCCNC(=O)C(=O)[C@H]1CC[C@H]2[C@@H]3CCC4=CC(=O)C=C[C@]4(C)[C@H]3[C@@H](O)C[C@]12C. The number of nitrogens with one attached hydrogen (secondary N) is 1. The molecule has 0 spiro atoms. The Labute approximate surface area is 179 Å². The smallest absolute Gasteiger partial charge is 0.287 e. The Kier molecular flexibility index (Phi) is 5.54. The molecule has 1 amide bonds. The van der Waals surface area contributed by atoms with E-state index in [4.69, 9.17) is 0 Å². The minimum absolute atomic E-state index is 0.0386. The molecule has 30 heavy (non-hydrogen) atoms. The molecular weight excluding hydrogens is 378 g/mol. The molecule has 0 saturated heterocycles. The van der Waals surface area contributed by atoms with Crippen molar-refractivity contribution < 1.29 is 19.5 Å². The largest absolute Gasteiger partial charge is 0.393 e. The third-order valence-corrected chi connectivity index (χ3v) is 8.85. The number of unbranched alkanes of at least 4 members (excludes halogenated alkanes) is 1. The van der Waals surface area contributed by atoms with Crippen LogP contribution in [0.1, 0.15) is 65.7 Å². The Morgan fingerprint density at radius 3 is 2.73 bits per heavy atom. The first kappa shape index (κ1) is 21.5. The van der Waals surface area contributed by atoms with Gasteiger partial charge in [-0.2, -0.15) is 0 Å². The molecule has 4 rings (SSSR count). The molecule has 0 aromatic rings. The van der Waals surface area contributed by atoms with E-state index in [1.807, 2.05) is 6.08 Å². The van der Waals surface area contributed by atoms with E-state index in [-0.39, 0.29) is 34.2 Å². The molecule has 5 nitrogen and oxygen atoms in total. The molecule has 3 saturated carbocycles. The normalized spacial score (nSPS) is 42.1. The van der Waals surface area contributed by atoms with Crippen molar-refractivity contribution in [2.75, 3.05) is 6.54 Å². The Morgan fingerprint density at radius 2 is 2.00 bits per heavy atom. The maximum Gasteiger partial charge on any atom is 0.287 e. The summed E-state index contributed by atoms with van der Waals surface area (Å²) in [5, 5.41) is 14.1. The van der Waals surface area contributed by atoms with Crippen molar-refractivity contribution >= 4 is 17.5 Å². The van der Waals surface area contributed by atoms with E-state index < -0.39 is 12.0 Å². The van der Waals surface area contributed by atoms with Crippen molar-refractivity contribution in [1.82, 2.24) is 5.32 Å². The van der Waals surface area contributed by atoms with E-state index in [2.05, 4.69) is 26.1 Å². The Morgan fingerprint density at radius 1 is 1.23 bits per heavy atom. The van der Waals surface area contributed by atoms with Gasteiger partial charge in [0.25, 0.3) is 5.91 Å². The van der Waals surface area contributed by atoms with E-state index in [1.54, 1.807) is 12.2 Å². The van der Waals surface area contributed by atoms with Gasteiger partial charge in [0.15, 0.2) is 5.78 Å². The molecule has 4 aliphatic rings. The maximum absolute atomic E-state index is 13.0. The van der Waals surface area contributed by atoms with Gasteiger partial charge < -0.3 is 10.4 Å². The first-order valence-corrected chi connectivity index (χ1v) is 11.7. The van der Waals surface area contributed by atoms with E-state index >= 15 is 0 Å². The highest BCUT2D eigenvalue weighted by Gasteiger charge is 2.63. The highest BCUT2D eigenvalue weighted by Crippen LogP contribution is 2.66. The van der Waals surface area contributed by atoms with Crippen molar-refractivity contribution in [3.05, 3.63) is 23.8 Å². The summed E-state index contributed by atoms with van der Waals surface area (Å²) >= 11 is 0. The summed E-state index contributed by atoms with van der Waals surface area (Å²) in [7, 11) is 0. The number of allylic oxidation sites excluding steroid dienone is 4. The van der Waals surface area contributed by atoms with Crippen LogP contribution in [0, 0.1) is 34.5 Å². The van der Waals surface area contributed by atoms with Crippen LogP contribution in [0.5, 0.6) is 0 Å². The fourth-order valence-electron chi connectivity index (χ4n) is 7.38. The van der Waals surface area contributed by atoms with Crippen LogP contribution < -0.4 is 5.32 Å². The number of carbonyl (C=O) groups is 3. The fourth-order valence-corrected chi connectivity index (χ4v) is 7.38. The van der Waals surface area contributed by atoms with Crippen LogP contribution in [0.15, 0.2) is 23.8 Å². The highest BCUT2D eigenvalue weighted by molar-refractivity contribution is 6.37. The van der Waals surface area contributed by atoms with Gasteiger partial charge in [-0.3, -0.25) is 14.4 Å². The van der Waals surface area contributed by atoms with Crippen molar-refractivity contribution in [2.45, 2.75) is 71.8 Å². The average Bonchev–Trinajstić information content (AvgIpc) is 3.04. The lowest BCUT2D eigenvalue weighted by atomic mass is 9.46. The molecule has 0 radical (unpaired) electrons. The molecule has 5 heteroatoms. The van der Waals surface area contributed by atoms with Gasteiger partial charge in [0, 0.05) is 23.8 Å². The summed E-state index contributed by atoms with van der Waals surface area (Å²) in [6.07, 6.45) is 10.7. The molecule has 164 valence electrons. The number of amides is 1. The van der Waals surface area contributed by atoms with Crippen LogP contribution in [0.4, 0.5) is 0 Å². The maximum atomic E-state index is 13.0. The molecule has 0 heterocycles. The third-order valence-electron chi connectivity index (χ3n) is 8.85. The van der Waals surface area contributed by atoms with Gasteiger partial charge in [0.1, 0.15) is 0 Å². The summed E-state index contributed by atoms with van der Waals surface area (Å²) in [5.74, 6) is -0.335. The molecule has 0 aromatic heterocycles. The molecule has 7 atom stereocenters. The number of ketones is 2. The zero-order valence-corrected chi connectivity index (χ0v) is 18.4. The lowest BCUT2D eigenvalue weighted by Gasteiger charge is -2.58. The number of fused-ring (bicyclic) bond motifs is 5. The third kappa shape index (κ3) is 3.21. The van der Waals surface area contributed by atoms with Gasteiger partial charge in [0.05, 0.1) is 6.10 Å². The van der Waals surface area contributed by atoms with Crippen molar-refractivity contribution in [1.29, 1.82) is 0 Å². The second-order valence-corrected chi connectivity index (χ2v) is 10.4. The summed E-state index contributed by atoms with van der Waals surface area (Å²) in [6.45, 7) is 6.88. The quantitative estimate of drug-likeness (QED) is 0.535. The molecule has 0 aromatic carbocycles. The van der Waals surface area contributed by atoms with Gasteiger partial charge in [-0.15, -0.1) is 0 Å². The number of aliphatic hydroxyl groups is 1. The average molecular weight is 414 g/mol. The van der Waals surface area contributed by atoms with Gasteiger partial charge in [-0.05, 0) is 67.9 Å². The van der Waals surface area contributed by atoms with E-state index in [1.165, 1.54) is 0 Å². The molecule has 3 fully saturated rings. The molecule has 2 N–H and O–H groups in total. The number of carbonyl (C=O) groups excluding carboxylic acids is 3. The lowest BCUT2D eigenvalue weighted by molar-refractivity contribution is -0.149. The summed E-state index contributed by atoms with van der Waals surface area (Å²) in [4.78, 5) is 37.4. The lowest BCUT2D eigenvalue weighted by Crippen LogP contribution is -2.57. The number of aliphatic hydroxyl groups excluding tert-OH is 1. The summed E-state index contributed by atoms with van der Waals surface area (Å²) in [5.41, 5.74) is 0.503. The summed E-state index contributed by atoms with van der Waals surface area (Å²) in [6, 6.07) is 0. The van der Waals surface area contributed by atoms with Crippen molar-refractivity contribution in [2.24, 2.45) is 34.5 Å². The number of hydrogen-bond donors (Lipinski definition) is 2. The zero-order chi connectivity index (χ0) is 21.7. The number of rotatable bonds is 5. The van der Waals surface area contributed by atoms with Crippen LogP contribution in [-0.4, -0.2) is 35.2 Å². The van der Waals surface area contributed by atoms with E-state index in [0.717, 1.165) is 44.1 Å². The first-order valence-electron chi connectivity index (χ1n) is 11.7. The van der Waals surface area contributed by atoms with Gasteiger partial charge in [-0.25, -0.2) is 0 Å². The molecule has 0 bridgehead atoms.